The van der Waals surface area contributed by atoms with Crippen molar-refractivity contribution < 1.29 is 0 Å². The average molecular weight is 154 g/mol. The van der Waals surface area contributed by atoms with E-state index in [9.17, 15) is 0 Å². The summed E-state index contributed by atoms with van der Waals surface area (Å²) >= 11 is 0. The first kappa shape index (κ1) is 7.55. The van der Waals surface area contributed by atoms with E-state index < -0.39 is 0 Å². The molecular formula is C5H10N6. The molecule has 0 aliphatic heterocycles. The highest BCUT2D eigenvalue weighted by atomic mass is 15.3. The van der Waals surface area contributed by atoms with E-state index in [2.05, 4.69) is 20.6 Å². The molecule has 0 aliphatic rings. The van der Waals surface area contributed by atoms with E-state index in [0.29, 0.717) is 6.54 Å². The Balaban J connectivity index is 2.45. The predicted octanol–water partition coefficient (Wildman–Crippen LogP) is -1.31. The van der Waals surface area contributed by atoms with Crippen LogP contribution in [-0.4, -0.2) is 16.2 Å². The molecule has 1 aromatic rings. The summed E-state index contributed by atoms with van der Waals surface area (Å²) in [6.07, 6.45) is 3.42. The van der Waals surface area contributed by atoms with Crippen molar-refractivity contribution in [2.24, 2.45) is 16.6 Å². The van der Waals surface area contributed by atoms with Crippen molar-refractivity contribution in [2.75, 3.05) is 0 Å². The minimum Gasteiger partial charge on any atom is -0.369 e. The Hall–Kier alpha value is -1.56. The fourth-order valence-electron chi connectivity index (χ4n) is 0.586. The Bertz CT molecular complexity index is 225. The smallest absolute Gasteiger partial charge is 0.203 e. The van der Waals surface area contributed by atoms with E-state index in [0.717, 1.165) is 5.56 Å². The van der Waals surface area contributed by atoms with E-state index in [4.69, 9.17) is 11.6 Å². The summed E-state index contributed by atoms with van der Waals surface area (Å²) in [5.41, 5.74) is 8.46. The lowest BCUT2D eigenvalue weighted by Crippen LogP contribution is -2.37. The number of hydrogen-bond donors (Lipinski definition) is 4. The molecular weight excluding hydrogens is 144 g/mol. The van der Waals surface area contributed by atoms with Crippen LogP contribution >= 0.6 is 0 Å². The Labute approximate surface area is 63.7 Å². The van der Waals surface area contributed by atoms with Crippen LogP contribution in [-0.2, 0) is 6.54 Å². The molecule has 11 heavy (non-hydrogen) atoms. The third-order valence-corrected chi connectivity index (χ3v) is 1.13. The summed E-state index contributed by atoms with van der Waals surface area (Å²) in [4.78, 5) is 3.88. The number of nitrogens with zero attached hydrogens (tertiary/aromatic N) is 2. The van der Waals surface area contributed by atoms with Crippen LogP contribution in [0, 0.1) is 0 Å². The van der Waals surface area contributed by atoms with Crippen LogP contribution in [0.15, 0.2) is 17.4 Å². The number of aromatic amines is 1. The van der Waals surface area contributed by atoms with Gasteiger partial charge in [0.1, 0.15) is 0 Å². The third kappa shape index (κ3) is 2.26. The minimum absolute atomic E-state index is 0.214. The molecule has 0 spiro atoms. The quantitative estimate of drug-likeness (QED) is 0.184. The number of H-pyrrole nitrogens is 1. The van der Waals surface area contributed by atoms with Crippen molar-refractivity contribution in [3.8, 4) is 0 Å². The summed E-state index contributed by atoms with van der Waals surface area (Å²) in [7, 11) is 0. The van der Waals surface area contributed by atoms with Gasteiger partial charge < -0.3 is 5.73 Å². The molecule has 0 atom stereocenters. The molecule has 1 aromatic heterocycles. The highest BCUT2D eigenvalue weighted by Crippen LogP contribution is 1.94. The third-order valence-electron chi connectivity index (χ3n) is 1.13. The first-order valence-electron chi connectivity index (χ1n) is 3.07. The molecule has 0 unspecified atom stereocenters. The Morgan fingerprint density at radius 3 is 3.18 bits per heavy atom. The van der Waals surface area contributed by atoms with Gasteiger partial charge in [0.2, 0.25) is 5.96 Å². The van der Waals surface area contributed by atoms with E-state index >= 15 is 0 Å². The van der Waals surface area contributed by atoms with Gasteiger partial charge in [0, 0.05) is 11.8 Å². The number of aliphatic imine (C=N–C) groups is 1. The van der Waals surface area contributed by atoms with Gasteiger partial charge in [-0.3, -0.25) is 10.5 Å². The predicted molar refractivity (Wildman–Crippen MR) is 41.2 cm³/mol. The SMILES string of the molecule is NNC(N)=NCc1cn[nH]c1. The Kier molecular flexibility index (Phi) is 2.45. The highest BCUT2D eigenvalue weighted by molar-refractivity contribution is 5.77. The lowest BCUT2D eigenvalue weighted by atomic mass is 10.4. The molecule has 0 aromatic carbocycles. The van der Waals surface area contributed by atoms with Crippen molar-refractivity contribution in [3.63, 3.8) is 0 Å². The van der Waals surface area contributed by atoms with Crippen molar-refractivity contribution in [1.29, 1.82) is 0 Å². The summed E-state index contributed by atoms with van der Waals surface area (Å²) in [5.74, 6) is 5.20. The number of rotatable bonds is 2. The number of nitrogens with one attached hydrogen (secondary N) is 2. The molecule has 60 valence electrons. The van der Waals surface area contributed by atoms with Crippen molar-refractivity contribution in [3.05, 3.63) is 18.0 Å². The Morgan fingerprint density at radius 1 is 1.82 bits per heavy atom. The van der Waals surface area contributed by atoms with Gasteiger partial charge in [-0.25, -0.2) is 10.8 Å². The molecule has 0 aliphatic carbocycles. The van der Waals surface area contributed by atoms with E-state index in [1.807, 2.05) is 0 Å². The lowest BCUT2D eigenvalue weighted by Gasteiger charge is -1.95. The lowest BCUT2D eigenvalue weighted by molar-refractivity contribution is 0.959. The zero-order valence-corrected chi connectivity index (χ0v) is 5.91. The molecule has 6 nitrogen and oxygen atoms in total. The van der Waals surface area contributed by atoms with Gasteiger partial charge in [-0.1, -0.05) is 0 Å². The zero-order valence-electron chi connectivity index (χ0n) is 5.91. The van der Waals surface area contributed by atoms with Crippen LogP contribution in [0.2, 0.25) is 0 Å². The van der Waals surface area contributed by atoms with E-state index in [1.165, 1.54) is 0 Å². The van der Waals surface area contributed by atoms with E-state index in [1.54, 1.807) is 12.4 Å². The molecule has 0 amide bonds. The number of nitrogens with two attached hydrogens (primary N) is 2. The van der Waals surface area contributed by atoms with Crippen LogP contribution in [0.5, 0.6) is 0 Å². The topological polar surface area (TPSA) is 105 Å². The van der Waals surface area contributed by atoms with Crippen LogP contribution in [0.25, 0.3) is 0 Å². The first-order valence-corrected chi connectivity index (χ1v) is 3.07. The summed E-state index contributed by atoms with van der Waals surface area (Å²) in [6, 6.07) is 0. The van der Waals surface area contributed by atoms with Gasteiger partial charge in [0.25, 0.3) is 0 Å². The Morgan fingerprint density at radius 2 is 2.64 bits per heavy atom. The standard InChI is InChI=1S/C5H10N6/c6-5(11-7)8-1-4-2-9-10-3-4/h2-3H,1,7H2,(H,9,10)(H3,6,8,11). The van der Waals surface area contributed by atoms with Crippen LogP contribution in [0.3, 0.4) is 0 Å². The van der Waals surface area contributed by atoms with Crippen LogP contribution in [0.1, 0.15) is 5.56 Å². The molecule has 0 saturated carbocycles. The molecule has 0 bridgehead atoms. The maximum Gasteiger partial charge on any atom is 0.203 e. The summed E-state index contributed by atoms with van der Waals surface area (Å²) < 4.78 is 0. The van der Waals surface area contributed by atoms with Gasteiger partial charge in [-0.15, -0.1) is 0 Å². The molecule has 6 N–H and O–H groups in total. The zero-order chi connectivity index (χ0) is 8.10. The maximum absolute atomic E-state index is 5.27. The number of hydrazine groups is 1. The minimum atomic E-state index is 0.214. The first-order chi connectivity index (χ1) is 5.33. The fourth-order valence-corrected chi connectivity index (χ4v) is 0.586. The van der Waals surface area contributed by atoms with Gasteiger partial charge >= 0.3 is 0 Å². The summed E-state index contributed by atoms with van der Waals surface area (Å²) in [5, 5.41) is 6.40. The van der Waals surface area contributed by atoms with Gasteiger partial charge in [-0.2, -0.15) is 5.10 Å². The van der Waals surface area contributed by atoms with Crippen LogP contribution < -0.4 is 17.0 Å². The highest BCUT2D eigenvalue weighted by Gasteiger charge is 1.90. The average Bonchev–Trinajstić information content (AvgIpc) is 2.52. The van der Waals surface area contributed by atoms with E-state index in [-0.39, 0.29) is 5.96 Å². The normalized spacial score (nSPS) is 11.5. The molecule has 1 heterocycles. The molecule has 0 fully saturated rings. The van der Waals surface area contributed by atoms with Crippen LogP contribution in [0.4, 0.5) is 0 Å². The van der Waals surface area contributed by atoms with Crippen molar-refractivity contribution in [2.45, 2.75) is 6.54 Å². The van der Waals surface area contributed by atoms with Gasteiger partial charge in [0.05, 0.1) is 12.7 Å². The second-order valence-corrected chi connectivity index (χ2v) is 1.95. The molecule has 0 saturated heterocycles. The second-order valence-electron chi connectivity index (χ2n) is 1.95. The number of aromatic nitrogens is 2. The van der Waals surface area contributed by atoms with Crippen molar-refractivity contribution >= 4 is 5.96 Å². The second kappa shape index (κ2) is 3.57. The molecule has 1 rings (SSSR count). The number of hydrogen-bond acceptors (Lipinski definition) is 3. The summed E-state index contributed by atoms with van der Waals surface area (Å²) in [6.45, 7) is 0.479. The maximum atomic E-state index is 5.27. The van der Waals surface area contributed by atoms with Crippen molar-refractivity contribution in [1.82, 2.24) is 15.6 Å². The monoisotopic (exact) mass is 154 g/mol. The molecule has 0 radical (unpaired) electrons. The van der Waals surface area contributed by atoms with Gasteiger partial charge in [0.15, 0.2) is 0 Å². The number of guanidine groups is 1. The largest absolute Gasteiger partial charge is 0.369 e. The van der Waals surface area contributed by atoms with Gasteiger partial charge in [-0.05, 0) is 0 Å². The molecule has 6 heteroatoms. The fraction of sp³-hybridized carbons (Fsp3) is 0.200.